The second-order valence-corrected chi connectivity index (χ2v) is 9.18. The quantitative estimate of drug-likeness (QED) is 0.440. The van der Waals surface area contributed by atoms with Crippen LogP contribution in [0.2, 0.25) is 0 Å². The van der Waals surface area contributed by atoms with E-state index in [4.69, 9.17) is 0 Å². The largest absolute Gasteiger partial charge is 0.365 e. The van der Waals surface area contributed by atoms with E-state index in [9.17, 15) is 4.79 Å². The summed E-state index contributed by atoms with van der Waals surface area (Å²) >= 11 is 1.73. The average molecular weight is 435 g/mol. The van der Waals surface area contributed by atoms with E-state index in [1.807, 2.05) is 31.2 Å². The molecular formula is C25H30N4OS. The van der Waals surface area contributed by atoms with Gasteiger partial charge in [0, 0.05) is 23.5 Å². The summed E-state index contributed by atoms with van der Waals surface area (Å²) in [6, 6.07) is 9.97. The number of thiophene rings is 1. The van der Waals surface area contributed by atoms with Gasteiger partial charge in [0.2, 0.25) is 0 Å². The van der Waals surface area contributed by atoms with E-state index in [0.717, 1.165) is 40.3 Å². The van der Waals surface area contributed by atoms with E-state index >= 15 is 0 Å². The van der Waals surface area contributed by atoms with Crippen molar-refractivity contribution in [1.29, 1.82) is 0 Å². The Kier molecular flexibility index (Phi) is 6.97. The standard InChI is InChI=1S/C25H30N4OS/c1-3-21-15-22-23(28-17(2)29-25(22)31-21)27-16-19-9-11-20(12-10-19)24(30)26-14-13-18-7-5-4-6-8-18/h7,9-12,15H,3-6,8,13-14,16H2,1-2H3,(H,26,30)(H,27,28,29). The Morgan fingerprint density at radius 1 is 1.16 bits per heavy atom. The van der Waals surface area contributed by atoms with Gasteiger partial charge in [-0.25, -0.2) is 9.97 Å². The van der Waals surface area contributed by atoms with Crippen molar-refractivity contribution in [2.75, 3.05) is 11.9 Å². The van der Waals surface area contributed by atoms with Gasteiger partial charge in [-0.1, -0.05) is 30.7 Å². The molecule has 3 aromatic rings. The van der Waals surface area contributed by atoms with Crippen molar-refractivity contribution in [2.24, 2.45) is 0 Å². The highest BCUT2D eigenvalue weighted by molar-refractivity contribution is 7.18. The molecule has 0 saturated heterocycles. The highest BCUT2D eigenvalue weighted by atomic mass is 32.1. The molecule has 162 valence electrons. The summed E-state index contributed by atoms with van der Waals surface area (Å²) < 4.78 is 0. The maximum atomic E-state index is 12.4. The van der Waals surface area contributed by atoms with E-state index in [0.29, 0.717) is 18.7 Å². The summed E-state index contributed by atoms with van der Waals surface area (Å²) in [4.78, 5) is 23.9. The van der Waals surface area contributed by atoms with E-state index in [1.165, 1.54) is 36.1 Å². The van der Waals surface area contributed by atoms with Gasteiger partial charge in [0.15, 0.2) is 0 Å². The number of benzene rings is 1. The van der Waals surface area contributed by atoms with Gasteiger partial charge in [0.25, 0.3) is 5.91 Å². The van der Waals surface area contributed by atoms with E-state index in [1.54, 1.807) is 11.3 Å². The van der Waals surface area contributed by atoms with Gasteiger partial charge in [-0.3, -0.25) is 4.79 Å². The van der Waals surface area contributed by atoms with Crippen molar-refractivity contribution in [3.05, 3.63) is 63.8 Å². The molecular weight excluding hydrogens is 404 g/mol. The second-order valence-electron chi connectivity index (χ2n) is 8.07. The van der Waals surface area contributed by atoms with Crippen LogP contribution in [0, 0.1) is 6.92 Å². The molecule has 1 aliphatic carbocycles. The Bertz CT molecular complexity index is 1080. The van der Waals surface area contributed by atoms with Crippen LogP contribution < -0.4 is 10.6 Å². The second kappa shape index (κ2) is 10.1. The molecule has 1 aromatic carbocycles. The summed E-state index contributed by atoms with van der Waals surface area (Å²) in [5.41, 5.74) is 3.30. The van der Waals surface area contributed by atoms with Crippen molar-refractivity contribution in [3.8, 4) is 0 Å². The number of nitrogens with zero attached hydrogens (tertiary/aromatic N) is 2. The first kappa shape index (κ1) is 21.5. The molecule has 0 aliphatic heterocycles. The zero-order chi connectivity index (χ0) is 21.6. The van der Waals surface area contributed by atoms with Gasteiger partial charge >= 0.3 is 0 Å². The first-order valence-corrected chi connectivity index (χ1v) is 12.0. The fourth-order valence-electron chi connectivity index (χ4n) is 3.92. The monoisotopic (exact) mass is 434 g/mol. The zero-order valence-corrected chi connectivity index (χ0v) is 19.1. The normalized spacial score (nSPS) is 13.8. The lowest BCUT2D eigenvalue weighted by atomic mass is 9.97. The molecule has 1 aliphatic rings. The molecule has 2 N–H and O–H groups in total. The number of carbonyl (C=O) groups excluding carboxylic acids is 1. The van der Waals surface area contributed by atoms with Crippen molar-refractivity contribution in [3.63, 3.8) is 0 Å². The van der Waals surface area contributed by atoms with Crippen molar-refractivity contribution < 1.29 is 4.79 Å². The number of rotatable bonds is 8. The van der Waals surface area contributed by atoms with Crippen LogP contribution in [0.4, 0.5) is 5.82 Å². The maximum absolute atomic E-state index is 12.4. The summed E-state index contributed by atoms with van der Waals surface area (Å²) in [6.45, 7) is 5.44. The topological polar surface area (TPSA) is 66.9 Å². The van der Waals surface area contributed by atoms with Gasteiger partial charge in [0.05, 0.1) is 5.39 Å². The fourth-order valence-corrected chi connectivity index (χ4v) is 4.93. The van der Waals surface area contributed by atoms with Crippen LogP contribution in [0.1, 0.15) is 65.7 Å². The number of nitrogens with one attached hydrogen (secondary N) is 2. The Labute approximate surface area is 188 Å². The summed E-state index contributed by atoms with van der Waals surface area (Å²) in [6.07, 6.45) is 9.24. The third kappa shape index (κ3) is 5.50. The van der Waals surface area contributed by atoms with Gasteiger partial charge in [-0.05, 0) is 69.2 Å². The Hall–Kier alpha value is -2.73. The molecule has 0 radical (unpaired) electrons. The van der Waals surface area contributed by atoms with E-state index < -0.39 is 0 Å². The van der Waals surface area contributed by atoms with Crippen molar-refractivity contribution in [2.45, 2.75) is 58.9 Å². The lowest BCUT2D eigenvalue weighted by Crippen LogP contribution is -2.24. The van der Waals surface area contributed by atoms with Crippen LogP contribution in [0.5, 0.6) is 0 Å². The van der Waals surface area contributed by atoms with Crippen LogP contribution >= 0.6 is 11.3 Å². The molecule has 0 saturated carbocycles. The highest BCUT2D eigenvalue weighted by Gasteiger charge is 2.11. The number of hydrogen-bond acceptors (Lipinski definition) is 5. The molecule has 0 unspecified atom stereocenters. The number of hydrogen-bond donors (Lipinski definition) is 2. The molecule has 31 heavy (non-hydrogen) atoms. The molecule has 0 atom stereocenters. The number of allylic oxidation sites excluding steroid dienone is 1. The lowest BCUT2D eigenvalue weighted by Gasteiger charge is -2.13. The minimum Gasteiger partial charge on any atom is -0.365 e. The molecule has 1 amide bonds. The Morgan fingerprint density at radius 2 is 2.00 bits per heavy atom. The molecule has 6 heteroatoms. The van der Waals surface area contributed by atoms with Crippen molar-refractivity contribution >= 4 is 33.3 Å². The summed E-state index contributed by atoms with van der Waals surface area (Å²) in [5, 5.41) is 7.58. The predicted octanol–water partition coefficient (Wildman–Crippen LogP) is 5.79. The van der Waals surface area contributed by atoms with E-state index in [2.05, 4.69) is 39.7 Å². The molecule has 5 nitrogen and oxygen atoms in total. The minimum atomic E-state index is -0.00517. The van der Waals surface area contributed by atoms with Crippen LogP contribution in [-0.2, 0) is 13.0 Å². The predicted molar refractivity (Wildman–Crippen MR) is 129 cm³/mol. The highest BCUT2D eigenvalue weighted by Crippen LogP contribution is 2.29. The lowest BCUT2D eigenvalue weighted by molar-refractivity contribution is 0.0954. The Balaban J connectivity index is 1.33. The number of anilines is 1. The molecule has 0 spiro atoms. The molecule has 0 bridgehead atoms. The fraction of sp³-hybridized carbons (Fsp3) is 0.400. The first-order chi connectivity index (χ1) is 15.1. The average Bonchev–Trinajstić information content (AvgIpc) is 3.21. The summed E-state index contributed by atoms with van der Waals surface area (Å²) in [7, 11) is 0. The molecule has 4 rings (SSSR count). The van der Waals surface area contributed by atoms with Crippen molar-refractivity contribution in [1.82, 2.24) is 15.3 Å². The van der Waals surface area contributed by atoms with Gasteiger partial charge in [-0.15, -0.1) is 11.3 Å². The SMILES string of the molecule is CCc1cc2c(NCc3ccc(C(=O)NCCC4=CCCCC4)cc3)nc(C)nc2s1. The molecule has 2 heterocycles. The van der Waals surface area contributed by atoms with Crippen LogP contribution in [0.25, 0.3) is 10.2 Å². The molecule has 2 aromatic heterocycles. The minimum absolute atomic E-state index is 0.00517. The number of aromatic nitrogens is 2. The zero-order valence-electron chi connectivity index (χ0n) is 18.3. The van der Waals surface area contributed by atoms with Gasteiger partial charge in [0.1, 0.15) is 16.5 Å². The third-order valence-corrected chi connectivity index (χ3v) is 6.87. The van der Waals surface area contributed by atoms with Gasteiger partial charge < -0.3 is 10.6 Å². The number of carbonyl (C=O) groups is 1. The van der Waals surface area contributed by atoms with Gasteiger partial charge in [-0.2, -0.15) is 0 Å². The van der Waals surface area contributed by atoms with Crippen LogP contribution in [0.15, 0.2) is 42.0 Å². The molecule has 0 fully saturated rings. The van der Waals surface area contributed by atoms with Crippen LogP contribution in [-0.4, -0.2) is 22.4 Å². The Morgan fingerprint density at radius 3 is 2.74 bits per heavy atom. The van der Waals surface area contributed by atoms with E-state index in [-0.39, 0.29) is 5.91 Å². The third-order valence-electron chi connectivity index (χ3n) is 5.70. The van der Waals surface area contributed by atoms with Crippen LogP contribution in [0.3, 0.4) is 0 Å². The smallest absolute Gasteiger partial charge is 0.251 e. The number of fused-ring (bicyclic) bond motifs is 1. The maximum Gasteiger partial charge on any atom is 0.251 e. The first-order valence-electron chi connectivity index (χ1n) is 11.2. The summed E-state index contributed by atoms with van der Waals surface area (Å²) in [5.74, 6) is 1.64. The number of aryl methyl sites for hydroxylation is 2. The number of amides is 1.